The van der Waals surface area contributed by atoms with E-state index >= 15 is 0 Å². The van der Waals surface area contributed by atoms with Crippen molar-refractivity contribution in [2.24, 2.45) is 0 Å². The Labute approximate surface area is 63.8 Å². The fourth-order valence-electron chi connectivity index (χ4n) is 0. The van der Waals surface area contributed by atoms with Gasteiger partial charge >= 0.3 is 33.2 Å². The SMILES string of the molecule is Cl.Cl.[Be+2].[H-].[H-].[H-].[H-].[Mg+2]. The monoisotopic (exact) mass is 109 g/mol. The molecule has 0 atom stereocenters. The maximum absolute atomic E-state index is 0. The first kappa shape index (κ1) is 49.0. The summed E-state index contributed by atoms with van der Waals surface area (Å²) in [6.45, 7) is 0. The molecule has 0 aromatic carbocycles. The van der Waals surface area contributed by atoms with Gasteiger partial charge < -0.3 is 5.71 Å². The summed E-state index contributed by atoms with van der Waals surface area (Å²) in [4.78, 5) is 0. The predicted molar refractivity (Wildman–Crippen MR) is 30.5 cm³/mol. The minimum absolute atomic E-state index is 0. The fraction of sp³-hybridized carbons (Fsp3) is 0. The molecule has 0 amide bonds. The Hall–Kier alpha value is 1.52. The molecule has 0 aliphatic carbocycles. The average molecular weight is 110 g/mol. The molecule has 0 heterocycles. The van der Waals surface area contributed by atoms with E-state index in [0.717, 1.165) is 0 Å². The van der Waals surface area contributed by atoms with Crippen LogP contribution in [-0.4, -0.2) is 33.2 Å². The molecule has 24 valence electrons. The molecule has 4 heavy (non-hydrogen) atoms. The third-order valence-corrected chi connectivity index (χ3v) is 0. The van der Waals surface area contributed by atoms with Crippen molar-refractivity contribution in [2.75, 3.05) is 0 Å². The van der Waals surface area contributed by atoms with Gasteiger partial charge in [-0.25, -0.2) is 0 Å². The molecule has 4 heteroatoms. The minimum Gasteiger partial charge on any atom is -1.00 e. The smallest absolute Gasteiger partial charge is 1.00 e. The summed E-state index contributed by atoms with van der Waals surface area (Å²) in [5.74, 6) is 0. The third kappa shape index (κ3) is 9.69. The molecule has 0 aromatic heterocycles. The topological polar surface area (TPSA) is 0 Å². The van der Waals surface area contributed by atoms with Crippen molar-refractivity contribution in [1.82, 2.24) is 0 Å². The Kier molecular flexibility index (Phi) is 298. The van der Waals surface area contributed by atoms with Crippen molar-refractivity contribution < 1.29 is 5.71 Å². The summed E-state index contributed by atoms with van der Waals surface area (Å²) in [5.41, 5.74) is 0. The van der Waals surface area contributed by atoms with Gasteiger partial charge in [-0.05, 0) is 0 Å². The van der Waals surface area contributed by atoms with Crippen LogP contribution in [0.3, 0.4) is 0 Å². The molecule has 0 bridgehead atoms. The van der Waals surface area contributed by atoms with Crippen LogP contribution in [-0.2, 0) is 0 Å². The van der Waals surface area contributed by atoms with Crippen LogP contribution >= 0.6 is 24.8 Å². The van der Waals surface area contributed by atoms with E-state index in [-0.39, 0.29) is 63.7 Å². The third-order valence-electron chi connectivity index (χ3n) is 0. The van der Waals surface area contributed by atoms with Crippen molar-refractivity contribution in [3.8, 4) is 0 Å². The van der Waals surface area contributed by atoms with E-state index in [2.05, 4.69) is 0 Å². The molecule has 0 aliphatic rings. The van der Waals surface area contributed by atoms with Gasteiger partial charge in [-0.1, -0.05) is 0 Å². The van der Waals surface area contributed by atoms with Gasteiger partial charge in [0.05, 0.1) is 0 Å². The molecular weight excluding hydrogens is 104 g/mol. The maximum atomic E-state index is 0. The van der Waals surface area contributed by atoms with Crippen molar-refractivity contribution in [1.29, 1.82) is 0 Å². The van der Waals surface area contributed by atoms with Crippen molar-refractivity contribution >= 4 is 58.0 Å². The second-order valence-corrected chi connectivity index (χ2v) is 0. The Morgan fingerprint density at radius 2 is 1.00 bits per heavy atom. The van der Waals surface area contributed by atoms with Gasteiger partial charge in [-0.2, -0.15) is 0 Å². The van der Waals surface area contributed by atoms with Crippen LogP contribution in [0.5, 0.6) is 0 Å². The molecule has 0 saturated heterocycles. The Morgan fingerprint density at radius 1 is 1.00 bits per heavy atom. The quantitative estimate of drug-likeness (QED) is 0.399. The van der Waals surface area contributed by atoms with Crippen LogP contribution in [0.2, 0.25) is 0 Å². The predicted octanol–water partition coefficient (Wildman–Crippen LogP) is 0.532. The molecule has 0 unspecified atom stereocenters. The summed E-state index contributed by atoms with van der Waals surface area (Å²) >= 11 is 0. The van der Waals surface area contributed by atoms with Crippen LogP contribution in [0.4, 0.5) is 0 Å². The van der Waals surface area contributed by atoms with Gasteiger partial charge in [0.1, 0.15) is 0 Å². The van der Waals surface area contributed by atoms with Crippen LogP contribution in [0, 0.1) is 0 Å². The second kappa shape index (κ2) is 24.3. The van der Waals surface area contributed by atoms with Crippen molar-refractivity contribution in [3.05, 3.63) is 0 Å². The van der Waals surface area contributed by atoms with Gasteiger partial charge in [-0.3, -0.25) is 0 Å². The Balaban J connectivity index is 0. The van der Waals surface area contributed by atoms with E-state index in [1.165, 1.54) is 0 Å². The van der Waals surface area contributed by atoms with Crippen molar-refractivity contribution in [2.45, 2.75) is 0 Å². The summed E-state index contributed by atoms with van der Waals surface area (Å²) in [6.07, 6.45) is 0. The first-order valence-corrected chi connectivity index (χ1v) is 0. The van der Waals surface area contributed by atoms with Gasteiger partial charge in [0.15, 0.2) is 0 Å². The van der Waals surface area contributed by atoms with E-state index in [1.54, 1.807) is 0 Å². The minimum atomic E-state index is 0. The molecule has 0 fully saturated rings. The largest absolute Gasteiger partial charge is 2.00 e. The summed E-state index contributed by atoms with van der Waals surface area (Å²) in [7, 11) is 0. The van der Waals surface area contributed by atoms with Gasteiger partial charge in [0.2, 0.25) is 0 Å². The zero-order chi connectivity index (χ0) is 0. The number of halogens is 2. The Morgan fingerprint density at radius 3 is 1.00 bits per heavy atom. The molecular formula is H6BeCl2Mg. The van der Waals surface area contributed by atoms with Gasteiger partial charge in [-0.15, -0.1) is 24.8 Å². The van der Waals surface area contributed by atoms with E-state index in [1.807, 2.05) is 0 Å². The molecule has 0 saturated carbocycles. The maximum Gasteiger partial charge on any atom is 2.00 e. The zero-order valence-electron chi connectivity index (χ0n) is 6.23. The molecule has 0 N–H and O–H groups in total. The average Bonchev–Trinajstić information content (AvgIpc) is 0. The van der Waals surface area contributed by atoms with Gasteiger partial charge in [0.25, 0.3) is 0 Å². The van der Waals surface area contributed by atoms with E-state index < -0.39 is 0 Å². The summed E-state index contributed by atoms with van der Waals surface area (Å²) in [6, 6.07) is 0. The normalized spacial score (nSPS) is 0. The van der Waals surface area contributed by atoms with E-state index in [4.69, 9.17) is 0 Å². The van der Waals surface area contributed by atoms with Gasteiger partial charge in [0, 0.05) is 0 Å². The van der Waals surface area contributed by atoms with Crippen LogP contribution in [0.15, 0.2) is 0 Å². The standard InChI is InChI=1S/Be.2ClH.Mg.4H/h;2*1H;;;;;/q+2;;;+2;4*-1. The molecule has 0 nitrogen and oxygen atoms in total. The summed E-state index contributed by atoms with van der Waals surface area (Å²) < 4.78 is 0. The molecule has 0 aliphatic heterocycles. The molecule has 0 radical (unpaired) electrons. The van der Waals surface area contributed by atoms with Crippen molar-refractivity contribution in [3.63, 3.8) is 0 Å². The number of rotatable bonds is 0. The van der Waals surface area contributed by atoms with Crippen LogP contribution < -0.4 is 0 Å². The van der Waals surface area contributed by atoms with E-state index in [0.29, 0.717) is 0 Å². The molecule has 0 spiro atoms. The Bertz CT molecular complexity index is 14.0. The molecule has 0 rings (SSSR count). The van der Waals surface area contributed by atoms with Crippen LogP contribution in [0.1, 0.15) is 5.71 Å². The second-order valence-electron chi connectivity index (χ2n) is 0. The number of hydrogen-bond acceptors (Lipinski definition) is 0. The first-order chi connectivity index (χ1) is 0. The van der Waals surface area contributed by atoms with Crippen LogP contribution in [0.25, 0.3) is 0 Å². The molecule has 0 aromatic rings. The zero-order valence-corrected chi connectivity index (χ0v) is 5.28. The number of hydrogen-bond donors (Lipinski definition) is 0. The summed E-state index contributed by atoms with van der Waals surface area (Å²) in [5, 5.41) is 0. The fourth-order valence-corrected chi connectivity index (χ4v) is 0. The van der Waals surface area contributed by atoms with E-state index in [9.17, 15) is 0 Å². The first-order valence-electron chi connectivity index (χ1n) is 0.